The van der Waals surface area contributed by atoms with E-state index in [-0.39, 0.29) is 31.9 Å². The van der Waals surface area contributed by atoms with E-state index in [9.17, 15) is 27.6 Å². The Bertz CT molecular complexity index is 1630. The van der Waals surface area contributed by atoms with E-state index in [2.05, 4.69) is 26.9 Å². The third-order valence-corrected chi connectivity index (χ3v) is 10.6. The number of nitrogens with one attached hydrogen (secondary N) is 3. The molecule has 4 amide bonds. The van der Waals surface area contributed by atoms with Crippen LogP contribution in [0.5, 0.6) is 5.88 Å². The van der Waals surface area contributed by atoms with Crippen molar-refractivity contribution in [2.24, 2.45) is 17.3 Å². The summed E-state index contributed by atoms with van der Waals surface area (Å²) in [6.45, 7) is 9.27. The molecule has 2 saturated carbocycles. The fraction of sp³-hybridized carbons (Fsp3) is 0.531. The first kappa shape index (κ1) is 33.9. The van der Waals surface area contributed by atoms with Gasteiger partial charge in [-0.2, -0.15) is 0 Å². The first-order valence-electron chi connectivity index (χ1n) is 15.5. The average Bonchev–Trinajstić information content (AvgIpc) is 3.89. The van der Waals surface area contributed by atoms with Gasteiger partial charge in [0.15, 0.2) is 0 Å². The highest BCUT2D eigenvalue weighted by Gasteiger charge is 2.62. The molecular formula is C32H41N5O9S. The summed E-state index contributed by atoms with van der Waals surface area (Å²) in [5.74, 6) is -2.47. The van der Waals surface area contributed by atoms with E-state index in [0.29, 0.717) is 24.4 Å². The molecule has 2 aromatic heterocycles. The zero-order chi connectivity index (χ0) is 34.1. The summed E-state index contributed by atoms with van der Waals surface area (Å²) in [4.78, 5) is 59.5. The van der Waals surface area contributed by atoms with Gasteiger partial charge in [0.2, 0.25) is 27.7 Å². The largest absolute Gasteiger partial charge is 0.477 e. The molecule has 2 aliphatic carbocycles. The Labute approximate surface area is 273 Å². The van der Waals surface area contributed by atoms with E-state index in [4.69, 9.17) is 13.9 Å². The number of rotatable bonds is 12. The number of sulfonamides is 1. The molecule has 1 saturated heterocycles. The third-order valence-electron chi connectivity index (χ3n) is 8.79. The van der Waals surface area contributed by atoms with Crippen LogP contribution in [0.4, 0.5) is 4.79 Å². The Morgan fingerprint density at radius 2 is 1.96 bits per heavy atom. The molecule has 5 atom stereocenters. The van der Waals surface area contributed by atoms with Crippen LogP contribution in [0.1, 0.15) is 46.5 Å². The minimum Gasteiger partial charge on any atom is -0.477 e. The molecule has 3 N–H and O–H groups in total. The molecule has 0 aromatic carbocycles. The Hall–Kier alpha value is -4.40. The fourth-order valence-corrected chi connectivity index (χ4v) is 7.18. The standard InChI is InChI=1S/C32H41N5O9S/c1-6-21-15-32(21,29(40)36-47(42,43)22-10-11-22)35-27(38)24-14-19(16-37(24)28(39)26(31(2,3)4)34-30(41)44-5)17-46-25-9-7-8-23(33-25)20-12-13-45-18-20/h6-9,12-13,18-19,21-22,24,26H,1,10-11,14-17H2,2-5H3,(H,34,41)(H,35,38)(H,36,40)/t19-,21?,24+,26-,32-/m1/s1. The van der Waals surface area contributed by atoms with Gasteiger partial charge < -0.3 is 29.4 Å². The summed E-state index contributed by atoms with van der Waals surface area (Å²) in [6.07, 6.45) is 5.06. The minimum atomic E-state index is -3.87. The first-order valence-corrected chi connectivity index (χ1v) is 17.0. The first-order chi connectivity index (χ1) is 22.2. The molecule has 254 valence electrons. The van der Waals surface area contributed by atoms with Gasteiger partial charge in [-0.1, -0.05) is 32.9 Å². The molecule has 3 fully saturated rings. The van der Waals surface area contributed by atoms with E-state index >= 15 is 0 Å². The predicted molar refractivity (Wildman–Crippen MR) is 169 cm³/mol. The van der Waals surface area contributed by atoms with Gasteiger partial charge in [-0.15, -0.1) is 6.58 Å². The molecule has 0 bridgehead atoms. The van der Waals surface area contributed by atoms with Crippen molar-refractivity contribution in [3.05, 3.63) is 49.4 Å². The molecule has 3 heterocycles. The number of methoxy groups -OCH3 is 1. The van der Waals surface area contributed by atoms with Gasteiger partial charge >= 0.3 is 6.09 Å². The van der Waals surface area contributed by atoms with Crippen molar-refractivity contribution < 1.29 is 41.5 Å². The van der Waals surface area contributed by atoms with E-state index < -0.39 is 68.0 Å². The molecular weight excluding hydrogens is 630 g/mol. The van der Waals surface area contributed by atoms with Crippen molar-refractivity contribution in [2.75, 3.05) is 20.3 Å². The summed E-state index contributed by atoms with van der Waals surface area (Å²) in [6, 6.07) is 4.96. The van der Waals surface area contributed by atoms with Crippen LogP contribution in [-0.4, -0.2) is 85.3 Å². The summed E-state index contributed by atoms with van der Waals surface area (Å²) in [5, 5.41) is 4.74. The van der Waals surface area contributed by atoms with Gasteiger partial charge in [-0.3, -0.25) is 19.1 Å². The van der Waals surface area contributed by atoms with Crippen molar-refractivity contribution in [3.8, 4) is 17.1 Å². The fourth-order valence-electron chi connectivity index (χ4n) is 5.82. The number of pyridine rings is 1. The Kier molecular flexibility index (Phi) is 9.40. The number of carbonyl (C=O) groups is 4. The van der Waals surface area contributed by atoms with Gasteiger partial charge in [0.25, 0.3) is 5.91 Å². The van der Waals surface area contributed by atoms with Crippen LogP contribution in [0.25, 0.3) is 11.3 Å². The highest BCUT2D eigenvalue weighted by Crippen LogP contribution is 2.45. The van der Waals surface area contributed by atoms with Gasteiger partial charge in [0.1, 0.15) is 17.6 Å². The molecule has 0 spiro atoms. The second kappa shape index (κ2) is 13.0. The number of alkyl carbamates (subject to hydrolysis) is 1. The topological polar surface area (TPSA) is 186 Å². The number of hydrogen-bond donors (Lipinski definition) is 3. The van der Waals surface area contributed by atoms with Crippen molar-refractivity contribution in [2.45, 2.75) is 69.3 Å². The minimum absolute atomic E-state index is 0.105. The van der Waals surface area contributed by atoms with Crippen LogP contribution in [0.15, 0.2) is 53.9 Å². The summed E-state index contributed by atoms with van der Waals surface area (Å²) < 4.78 is 43.2. The summed E-state index contributed by atoms with van der Waals surface area (Å²) in [7, 11) is -2.68. The van der Waals surface area contributed by atoms with Crippen LogP contribution >= 0.6 is 0 Å². The van der Waals surface area contributed by atoms with Gasteiger partial charge in [-0.25, -0.2) is 18.2 Å². The number of carbonyl (C=O) groups excluding carboxylic acids is 4. The molecule has 15 heteroatoms. The van der Waals surface area contributed by atoms with Crippen LogP contribution in [-0.2, 0) is 29.1 Å². The van der Waals surface area contributed by atoms with Gasteiger partial charge in [0.05, 0.1) is 37.2 Å². The van der Waals surface area contributed by atoms with Crippen molar-refractivity contribution in [1.82, 2.24) is 25.2 Å². The molecule has 2 aromatic rings. The van der Waals surface area contributed by atoms with Crippen LogP contribution < -0.4 is 20.1 Å². The Morgan fingerprint density at radius 3 is 2.55 bits per heavy atom. The van der Waals surface area contributed by atoms with Crippen molar-refractivity contribution >= 4 is 33.8 Å². The summed E-state index contributed by atoms with van der Waals surface area (Å²) >= 11 is 0. The average molecular weight is 672 g/mol. The van der Waals surface area contributed by atoms with E-state index in [1.165, 1.54) is 18.1 Å². The number of furan rings is 1. The number of ether oxygens (including phenoxy) is 2. The zero-order valence-corrected chi connectivity index (χ0v) is 27.7. The van der Waals surface area contributed by atoms with Gasteiger partial charge in [0, 0.05) is 30.0 Å². The lowest BCUT2D eigenvalue weighted by molar-refractivity contribution is -0.142. The third kappa shape index (κ3) is 7.45. The quantitative estimate of drug-likeness (QED) is 0.283. The Morgan fingerprint density at radius 1 is 1.21 bits per heavy atom. The van der Waals surface area contributed by atoms with E-state index in [0.717, 1.165) is 5.56 Å². The monoisotopic (exact) mass is 671 g/mol. The van der Waals surface area contributed by atoms with Crippen molar-refractivity contribution in [3.63, 3.8) is 0 Å². The SMILES string of the molecule is C=CC1C[C@]1(NC(=O)[C@@H]1C[C@@H](COc2cccc(-c3ccoc3)n2)CN1C(=O)[C@@H](NC(=O)OC)C(C)(C)C)C(=O)NS(=O)(=O)C1CC1. The Balaban J connectivity index is 1.36. The van der Waals surface area contributed by atoms with Crippen LogP contribution in [0.2, 0.25) is 0 Å². The number of aromatic nitrogens is 1. The molecule has 1 aliphatic heterocycles. The van der Waals surface area contributed by atoms with Crippen molar-refractivity contribution in [1.29, 1.82) is 0 Å². The zero-order valence-electron chi connectivity index (χ0n) is 26.9. The maximum absolute atomic E-state index is 14.1. The highest BCUT2D eigenvalue weighted by molar-refractivity contribution is 7.91. The normalized spacial score (nSPS) is 24.5. The van der Waals surface area contributed by atoms with E-state index in [1.807, 2.05) is 6.07 Å². The second-order valence-electron chi connectivity index (χ2n) is 13.4. The molecule has 5 rings (SSSR count). The molecule has 47 heavy (non-hydrogen) atoms. The smallest absolute Gasteiger partial charge is 0.407 e. The maximum Gasteiger partial charge on any atom is 0.407 e. The van der Waals surface area contributed by atoms with Crippen LogP contribution in [0, 0.1) is 17.3 Å². The van der Waals surface area contributed by atoms with Crippen LogP contribution in [0.3, 0.4) is 0 Å². The lowest BCUT2D eigenvalue weighted by Gasteiger charge is -2.35. The summed E-state index contributed by atoms with van der Waals surface area (Å²) in [5.41, 5.74) is -0.861. The van der Waals surface area contributed by atoms with Gasteiger partial charge in [-0.05, 0) is 43.2 Å². The highest BCUT2D eigenvalue weighted by atomic mass is 32.2. The molecule has 0 radical (unpaired) electrons. The number of likely N-dealkylation sites (tertiary alicyclic amines) is 1. The number of amides is 4. The second-order valence-corrected chi connectivity index (χ2v) is 15.4. The molecule has 3 aliphatic rings. The van der Waals surface area contributed by atoms with E-state index in [1.54, 1.807) is 51.5 Å². The lowest BCUT2D eigenvalue weighted by atomic mass is 9.85. The molecule has 1 unspecified atom stereocenters. The predicted octanol–water partition coefficient (Wildman–Crippen LogP) is 2.38. The lowest BCUT2D eigenvalue weighted by Crippen LogP contribution is -2.60. The maximum atomic E-state index is 14.1. The molecule has 14 nitrogen and oxygen atoms in total. The number of hydrogen-bond acceptors (Lipinski definition) is 10. The number of nitrogens with zero attached hydrogens (tertiary/aromatic N) is 2.